The predicted molar refractivity (Wildman–Crippen MR) is 113 cm³/mol. The number of nitrogens with one attached hydrogen (secondary N) is 3. The minimum absolute atomic E-state index is 0.277. The molecule has 11 nitrogen and oxygen atoms in total. The number of hydrogen-bond acceptors (Lipinski definition) is 8. The summed E-state index contributed by atoms with van der Waals surface area (Å²) in [4.78, 5) is 27.1. The van der Waals surface area contributed by atoms with Crippen LogP contribution in [0.5, 0.6) is 5.88 Å². The molecule has 0 aliphatic heterocycles. The number of carbonyl (C=O) groups excluding carboxylic acids is 1. The number of aromatic nitrogens is 6. The van der Waals surface area contributed by atoms with Crippen LogP contribution < -0.4 is 15.4 Å². The van der Waals surface area contributed by atoms with Crippen LogP contribution in [0.1, 0.15) is 5.56 Å². The second-order valence-electron chi connectivity index (χ2n) is 6.28. The average molecular weight is 426 g/mol. The highest BCUT2D eigenvalue weighted by Gasteiger charge is 2.16. The maximum atomic E-state index is 11.7. The van der Waals surface area contributed by atoms with E-state index in [0.29, 0.717) is 35.1 Å². The third-order valence-electron chi connectivity index (χ3n) is 4.39. The van der Waals surface area contributed by atoms with Crippen molar-refractivity contribution in [2.45, 2.75) is 6.92 Å². The summed E-state index contributed by atoms with van der Waals surface area (Å²) in [6, 6.07) is 1.84. The summed E-state index contributed by atoms with van der Waals surface area (Å²) in [5.74, 6) is 1.03. The molecule has 0 radical (unpaired) electrons. The molecule has 1 unspecified atom stereocenters. The Morgan fingerprint density at radius 3 is 2.90 bits per heavy atom. The Morgan fingerprint density at radius 1 is 1.33 bits per heavy atom. The lowest BCUT2D eigenvalue weighted by Gasteiger charge is -2.08. The standard InChI is InChI=1S/C18H18N8O3S/c1-10-6-21-18(23-13-8-26(30(3)28)25-17(13)29-2)24-14(10)12-7-20-15-11(12)4-5-19-16(15)22-9-27/h4-9,20H,1-3H3,(H,19,22,27)(H,21,23,24). The van der Waals surface area contributed by atoms with E-state index < -0.39 is 11.0 Å². The van der Waals surface area contributed by atoms with Crippen molar-refractivity contribution in [1.29, 1.82) is 0 Å². The van der Waals surface area contributed by atoms with E-state index in [1.807, 2.05) is 13.0 Å². The van der Waals surface area contributed by atoms with E-state index in [0.717, 1.165) is 16.5 Å². The van der Waals surface area contributed by atoms with Crippen LogP contribution >= 0.6 is 0 Å². The van der Waals surface area contributed by atoms with E-state index in [-0.39, 0.29) is 5.88 Å². The van der Waals surface area contributed by atoms with E-state index >= 15 is 0 Å². The summed E-state index contributed by atoms with van der Waals surface area (Å²) < 4.78 is 18.2. The smallest absolute Gasteiger partial charge is 0.257 e. The van der Waals surface area contributed by atoms with Crippen molar-refractivity contribution in [3.8, 4) is 17.1 Å². The lowest BCUT2D eigenvalue weighted by atomic mass is 10.1. The quantitative estimate of drug-likeness (QED) is 0.381. The van der Waals surface area contributed by atoms with Gasteiger partial charge in [0.25, 0.3) is 5.88 Å². The Kier molecular flexibility index (Phi) is 5.14. The van der Waals surface area contributed by atoms with Gasteiger partial charge in [0, 0.05) is 35.8 Å². The first kappa shape index (κ1) is 19.5. The van der Waals surface area contributed by atoms with Crippen molar-refractivity contribution < 1.29 is 13.7 Å². The SMILES string of the molecule is COc1nn(S(C)=O)cc1Nc1ncc(C)c(-c2c[nH]c3c(NC=O)nccc23)n1. The highest BCUT2D eigenvalue weighted by molar-refractivity contribution is 7.82. The minimum Gasteiger partial charge on any atom is -0.478 e. The zero-order valence-electron chi connectivity index (χ0n) is 16.3. The van der Waals surface area contributed by atoms with Crippen molar-refractivity contribution in [3.63, 3.8) is 0 Å². The molecule has 0 saturated heterocycles. The molecule has 4 aromatic rings. The topological polar surface area (TPSA) is 140 Å². The molecular formula is C18H18N8O3S. The number of ether oxygens (including phenoxy) is 1. The van der Waals surface area contributed by atoms with Gasteiger partial charge in [0.1, 0.15) is 16.7 Å². The molecule has 0 aliphatic rings. The van der Waals surface area contributed by atoms with Crippen LogP contribution in [0.3, 0.4) is 0 Å². The van der Waals surface area contributed by atoms with Gasteiger partial charge in [-0.2, -0.15) is 4.09 Å². The van der Waals surface area contributed by atoms with Crippen molar-refractivity contribution in [2.75, 3.05) is 24.0 Å². The average Bonchev–Trinajstić information content (AvgIpc) is 3.34. The van der Waals surface area contributed by atoms with Gasteiger partial charge >= 0.3 is 0 Å². The second kappa shape index (κ2) is 7.91. The summed E-state index contributed by atoms with van der Waals surface area (Å²) in [6.07, 6.45) is 8.77. The zero-order chi connectivity index (χ0) is 21.3. The fourth-order valence-electron chi connectivity index (χ4n) is 3.02. The van der Waals surface area contributed by atoms with E-state index in [4.69, 9.17) is 4.74 Å². The highest BCUT2D eigenvalue weighted by atomic mass is 32.2. The molecule has 4 rings (SSSR count). The normalized spacial score (nSPS) is 12.0. The monoisotopic (exact) mass is 426 g/mol. The van der Waals surface area contributed by atoms with E-state index in [1.165, 1.54) is 17.5 Å². The number of H-pyrrole nitrogens is 1. The summed E-state index contributed by atoms with van der Waals surface area (Å²) in [5.41, 5.74) is 3.58. The molecule has 0 aliphatic carbocycles. The molecule has 3 N–H and O–H groups in total. The lowest BCUT2D eigenvalue weighted by molar-refractivity contribution is -0.105. The number of rotatable bonds is 7. The summed E-state index contributed by atoms with van der Waals surface area (Å²) in [6.45, 7) is 1.91. The number of carbonyl (C=O) groups is 1. The molecule has 4 aromatic heterocycles. The van der Waals surface area contributed by atoms with Crippen LogP contribution in [-0.4, -0.2) is 53.1 Å². The van der Waals surface area contributed by atoms with Crippen LogP contribution in [0.2, 0.25) is 0 Å². The molecule has 154 valence electrons. The molecule has 30 heavy (non-hydrogen) atoms. The molecular weight excluding hydrogens is 408 g/mol. The van der Waals surface area contributed by atoms with Gasteiger partial charge in [0.2, 0.25) is 12.4 Å². The number of hydrogen-bond donors (Lipinski definition) is 3. The lowest BCUT2D eigenvalue weighted by Crippen LogP contribution is -2.02. The predicted octanol–water partition coefficient (Wildman–Crippen LogP) is 1.99. The first-order chi connectivity index (χ1) is 14.5. The molecule has 12 heteroatoms. The molecule has 0 fully saturated rings. The second-order valence-corrected chi connectivity index (χ2v) is 7.50. The van der Waals surface area contributed by atoms with Gasteiger partial charge in [-0.15, -0.1) is 5.10 Å². The number of amides is 1. The van der Waals surface area contributed by atoms with Crippen LogP contribution in [0, 0.1) is 6.92 Å². The van der Waals surface area contributed by atoms with Crippen molar-refractivity contribution in [2.24, 2.45) is 0 Å². The Morgan fingerprint density at radius 2 is 2.17 bits per heavy atom. The van der Waals surface area contributed by atoms with Crippen LogP contribution in [0.25, 0.3) is 22.2 Å². The molecule has 4 heterocycles. The minimum atomic E-state index is -1.33. The Balaban J connectivity index is 1.75. The van der Waals surface area contributed by atoms with E-state index in [2.05, 4.69) is 35.7 Å². The maximum Gasteiger partial charge on any atom is 0.257 e. The van der Waals surface area contributed by atoms with Gasteiger partial charge in [-0.1, -0.05) is 0 Å². The number of aryl methyl sites for hydroxylation is 1. The van der Waals surface area contributed by atoms with Gasteiger partial charge in [0.05, 0.1) is 24.5 Å². The number of fused-ring (bicyclic) bond motifs is 1. The first-order valence-electron chi connectivity index (χ1n) is 8.76. The Labute approximate surface area is 173 Å². The molecule has 0 spiro atoms. The number of methoxy groups -OCH3 is 1. The van der Waals surface area contributed by atoms with Gasteiger partial charge in [0.15, 0.2) is 5.82 Å². The van der Waals surface area contributed by atoms with Crippen molar-refractivity contribution >= 4 is 45.8 Å². The van der Waals surface area contributed by atoms with Gasteiger partial charge in [-0.3, -0.25) is 4.79 Å². The summed E-state index contributed by atoms with van der Waals surface area (Å²) in [7, 11) is 0.149. The number of anilines is 3. The van der Waals surface area contributed by atoms with E-state index in [9.17, 15) is 9.00 Å². The van der Waals surface area contributed by atoms with Gasteiger partial charge in [-0.05, 0) is 18.6 Å². The fraction of sp³-hybridized carbons (Fsp3) is 0.167. The number of aromatic amines is 1. The van der Waals surface area contributed by atoms with Crippen LogP contribution in [0.15, 0.2) is 30.9 Å². The molecule has 1 atom stereocenters. The Bertz CT molecular complexity index is 1270. The van der Waals surface area contributed by atoms with Crippen molar-refractivity contribution in [1.82, 2.24) is 29.1 Å². The molecule has 1 amide bonds. The highest BCUT2D eigenvalue weighted by Crippen LogP contribution is 2.33. The summed E-state index contributed by atoms with van der Waals surface area (Å²) in [5, 5.41) is 10.6. The zero-order valence-corrected chi connectivity index (χ0v) is 17.1. The molecule has 0 bridgehead atoms. The first-order valence-corrected chi connectivity index (χ1v) is 10.3. The third kappa shape index (κ3) is 3.48. The van der Waals surface area contributed by atoms with Crippen LogP contribution in [-0.2, 0) is 15.8 Å². The molecule has 0 aromatic carbocycles. The third-order valence-corrected chi connectivity index (χ3v) is 5.10. The largest absolute Gasteiger partial charge is 0.478 e. The number of pyridine rings is 1. The van der Waals surface area contributed by atoms with E-state index in [1.54, 1.807) is 24.8 Å². The van der Waals surface area contributed by atoms with Crippen molar-refractivity contribution in [3.05, 3.63) is 36.4 Å². The van der Waals surface area contributed by atoms with Crippen LogP contribution in [0.4, 0.5) is 17.5 Å². The maximum absolute atomic E-state index is 11.7. The van der Waals surface area contributed by atoms with Gasteiger partial charge < -0.3 is 20.4 Å². The summed E-state index contributed by atoms with van der Waals surface area (Å²) >= 11 is 0. The Hall–Kier alpha value is -3.80. The molecule has 0 saturated carbocycles. The number of nitrogens with zero attached hydrogens (tertiary/aromatic N) is 5. The fourth-order valence-corrected chi connectivity index (χ4v) is 3.46. The van der Waals surface area contributed by atoms with Gasteiger partial charge in [-0.25, -0.2) is 19.2 Å².